The van der Waals surface area contributed by atoms with Gasteiger partial charge in [0.1, 0.15) is 5.82 Å². The van der Waals surface area contributed by atoms with Crippen molar-refractivity contribution in [3.8, 4) is 0 Å². The lowest BCUT2D eigenvalue weighted by Gasteiger charge is -2.17. The Balaban J connectivity index is 1.69. The number of rotatable bonds is 4. The van der Waals surface area contributed by atoms with Crippen molar-refractivity contribution in [2.24, 2.45) is 11.8 Å². The SMILES string of the molecule is O=C(O)c1ccnc(NC(=O)[C@@H]2CCO[C@H]2C2CC2)c1. The molecule has 1 aromatic rings. The van der Waals surface area contributed by atoms with E-state index in [0.29, 0.717) is 18.9 Å². The average molecular weight is 276 g/mol. The maximum Gasteiger partial charge on any atom is 0.335 e. The molecule has 2 N–H and O–H groups in total. The number of pyridine rings is 1. The molecule has 2 heterocycles. The van der Waals surface area contributed by atoms with Crippen LogP contribution in [0.3, 0.4) is 0 Å². The smallest absolute Gasteiger partial charge is 0.335 e. The van der Waals surface area contributed by atoms with Crippen LogP contribution in [-0.4, -0.2) is 34.7 Å². The summed E-state index contributed by atoms with van der Waals surface area (Å²) in [6.07, 6.45) is 4.36. The predicted octanol–water partition coefficient (Wildman–Crippen LogP) is 1.53. The maximum atomic E-state index is 12.3. The Hall–Kier alpha value is -1.95. The molecule has 106 valence electrons. The fraction of sp³-hybridized carbons (Fsp3) is 0.500. The molecule has 1 aliphatic carbocycles. The number of carbonyl (C=O) groups excluding carboxylic acids is 1. The van der Waals surface area contributed by atoms with Crippen LogP contribution < -0.4 is 5.32 Å². The molecular weight excluding hydrogens is 260 g/mol. The summed E-state index contributed by atoms with van der Waals surface area (Å²) in [4.78, 5) is 27.1. The molecule has 6 nitrogen and oxygen atoms in total. The number of anilines is 1. The van der Waals surface area contributed by atoms with Crippen LogP contribution in [0, 0.1) is 11.8 Å². The first-order chi connectivity index (χ1) is 9.65. The largest absolute Gasteiger partial charge is 0.478 e. The van der Waals surface area contributed by atoms with Gasteiger partial charge in [0.05, 0.1) is 17.6 Å². The minimum absolute atomic E-state index is 0.0117. The maximum absolute atomic E-state index is 12.3. The van der Waals surface area contributed by atoms with E-state index in [-0.39, 0.29) is 29.3 Å². The summed E-state index contributed by atoms with van der Waals surface area (Å²) in [7, 11) is 0. The molecular formula is C14H16N2O4. The third-order valence-corrected chi connectivity index (χ3v) is 3.82. The summed E-state index contributed by atoms with van der Waals surface area (Å²) in [5.74, 6) is -0.543. The number of aromatic nitrogens is 1. The van der Waals surface area contributed by atoms with Gasteiger partial charge in [0.25, 0.3) is 0 Å². The van der Waals surface area contributed by atoms with Gasteiger partial charge in [-0.25, -0.2) is 9.78 Å². The van der Waals surface area contributed by atoms with E-state index in [1.807, 2.05) is 0 Å². The monoisotopic (exact) mass is 276 g/mol. The van der Waals surface area contributed by atoms with E-state index >= 15 is 0 Å². The van der Waals surface area contributed by atoms with Crippen molar-refractivity contribution in [3.05, 3.63) is 23.9 Å². The van der Waals surface area contributed by atoms with Crippen LogP contribution >= 0.6 is 0 Å². The molecule has 0 bridgehead atoms. The van der Waals surface area contributed by atoms with Crippen molar-refractivity contribution < 1.29 is 19.4 Å². The van der Waals surface area contributed by atoms with Gasteiger partial charge in [0, 0.05) is 12.8 Å². The van der Waals surface area contributed by atoms with Gasteiger partial charge in [0.15, 0.2) is 0 Å². The van der Waals surface area contributed by atoms with Crippen molar-refractivity contribution in [1.82, 2.24) is 4.98 Å². The number of amides is 1. The lowest BCUT2D eigenvalue weighted by atomic mass is 9.97. The zero-order chi connectivity index (χ0) is 14.1. The van der Waals surface area contributed by atoms with E-state index in [2.05, 4.69) is 10.3 Å². The van der Waals surface area contributed by atoms with Gasteiger partial charge in [0.2, 0.25) is 5.91 Å². The first-order valence-corrected chi connectivity index (χ1v) is 6.77. The number of ether oxygens (including phenoxy) is 1. The minimum Gasteiger partial charge on any atom is -0.478 e. The van der Waals surface area contributed by atoms with Gasteiger partial charge in [-0.15, -0.1) is 0 Å². The Bertz CT molecular complexity index is 542. The highest BCUT2D eigenvalue weighted by atomic mass is 16.5. The number of carboxylic acids is 1. The van der Waals surface area contributed by atoms with Crippen LogP contribution in [0.1, 0.15) is 29.6 Å². The average Bonchev–Trinajstić information content (AvgIpc) is 3.16. The Kier molecular flexibility index (Phi) is 3.40. The van der Waals surface area contributed by atoms with Crippen molar-refractivity contribution in [3.63, 3.8) is 0 Å². The van der Waals surface area contributed by atoms with Gasteiger partial charge >= 0.3 is 5.97 Å². The van der Waals surface area contributed by atoms with Crippen LogP contribution in [0.15, 0.2) is 18.3 Å². The summed E-state index contributed by atoms with van der Waals surface area (Å²) >= 11 is 0. The predicted molar refractivity (Wildman–Crippen MR) is 70.4 cm³/mol. The Morgan fingerprint density at radius 3 is 2.85 bits per heavy atom. The lowest BCUT2D eigenvalue weighted by Crippen LogP contribution is -2.31. The first-order valence-electron chi connectivity index (χ1n) is 6.77. The van der Waals surface area contributed by atoms with Gasteiger partial charge in [-0.2, -0.15) is 0 Å². The second kappa shape index (κ2) is 5.20. The lowest BCUT2D eigenvalue weighted by molar-refractivity contribution is -0.121. The van der Waals surface area contributed by atoms with Crippen LogP contribution in [0.5, 0.6) is 0 Å². The van der Waals surface area contributed by atoms with Gasteiger partial charge in [-0.3, -0.25) is 4.79 Å². The van der Waals surface area contributed by atoms with E-state index in [1.165, 1.54) is 18.3 Å². The highest BCUT2D eigenvalue weighted by Crippen LogP contribution is 2.41. The van der Waals surface area contributed by atoms with Gasteiger partial charge in [-0.1, -0.05) is 0 Å². The van der Waals surface area contributed by atoms with E-state index < -0.39 is 5.97 Å². The second-order valence-electron chi connectivity index (χ2n) is 5.29. The van der Waals surface area contributed by atoms with Crippen molar-refractivity contribution in [2.75, 3.05) is 11.9 Å². The molecule has 3 rings (SSSR count). The molecule has 1 aliphatic heterocycles. The zero-order valence-electron chi connectivity index (χ0n) is 10.9. The molecule has 0 radical (unpaired) electrons. The van der Waals surface area contributed by atoms with Crippen LogP contribution in [0.2, 0.25) is 0 Å². The molecule has 1 aromatic heterocycles. The molecule has 20 heavy (non-hydrogen) atoms. The number of nitrogens with zero attached hydrogens (tertiary/aromatic N) is 1. The molecule has 1 saturated heterocycles. The third kappa shape index (κ3) is 2.65. The van der Waals surface area contributed by atoms with E-state index in [9.17, 15) is 9.59 Å². The zero-order valence-corrected chi connectivity index (χ0v) is 10.9. The number of carbonyl (C=O) groups is 2. The molecule has 6 heteroatoms. The number of carboxylic acid groups (broad SMARTS) is 1. The van der Waals surface area contributed by atoms with E-state index in [4.69, 9.17) is 9.84 Å². The standard InChI is InChI=1S/C14H16N2O4/c17-13(10-4-6-20-12(10)8-1-2-8)16-11-7-9(14(18)19)3-5-15-11/h3,5,7-8,10,12H,1-2,4,6H2,(H,18,19)(H,15,16,17)/t10-,12+/m1/s1. The van der Waals surface area contributed by atoms with Crippen LogP contribution in [0.25, 0.3) is 0 Å². The number of nitrogens with one attached hydrogen (secondary N) is 1. The number of hydrogen-bond acceptors (Lipinski definition) is 4. The highest BCUT2D eigenvalue weighted by Gasteiger charge is 2.43. The first kappa shape index (κ1) is 13.1. The highest BCUT2D eigenvalue weighted by molar-refractivity contribution is 5.94. The minimum atomic E-state index is -1.04. The fourth-order valence-electron chi connectivity index (χ4n) is 2.63. The molecule has 1 saturated carbocycles. The summed E-state index contributed by atoms with van der Waals surface area (Å²) < 4.78 is 5.63. The van der Waals surface area contributed by atoms with Crippen molar-refractivity contribution in [2.45, 2.75) is 25.4 Å². The number of hydrogen-bond donors (Lipinski definition) is 2. The van der Waals surface area contributed by atoms with E-state index in [0.717, 1.165) is 12.8 Å². The third-order valence-electron chi connectivity index (χ3n) is 3.82. The van der Waals surface area contributed by atoms with Crippen LogP contribution in [0.4, 0.5) is 5.82 Å². The van der Waals surface area contributed by atoms with Crippen molar-refractivity contribution in [1.29, 1.82) is 0 Å². The fourth-order valence-corrected chi connectivity index (χ4v) is 2.63. The second-order valence-corrected chi connectivity index (χ2v) is 5.29. The quantitative estimate of drug-likeness (QED) is 0.870. The molecule has 2 aliphatic rings. The normalized spacial score (nSPS) is 25.4. The molecule has 2 atom stereocenters. The molecule has 0 spiro atoms. The Labute approximate surface area is 116 Å². The van der Waals surface area contributed by atoms with E-state index in [1.54, 1.807) is 0 Å². The summed E-state index contributed by atoms with van der Waals surface area (Å²) in [5, 5.41) is 11.6. The van der Waals surface area contributed by atoms with Gasteiger partial charge in [-0.05, 0) is 37.3 Å². The molecule has 0 unspecified atom stereocenters. The summed E-state index contributed by atoms with van der Waals surface area (Å²) in [5.41, 5.74) is 0.108. The number of aromatic carboxylic acids is 1. The van der Waals surface area contributed by atoms with Gasteiger partial charge < -0.3 is 15.2 Å². The summed E-state index contributed by atoms with van der Waals surface area (Å²) in [6, 6.07) is 2.76. The molecule has 2 fully saturated rings. The summed E-state index contributed by atoms with van der Waals surface area (Å²) in [6.45, 7) is 0.613. The van der Waals surface area contributed by atoms with Crippen molar-refractivity contribution >= 4 is 17.7 Å². The van der Waals surface area contributed by atoms with Crippen LogP contribution in [-0.2, 0) is 9.53 Å². The Morgan fingerprint density at radius 2 is 2.15 bits per heavy atom. The Morgan fingerprint density at radius 1 is 1.35 bits per heavy atom. The molecule has 1 amide bonds. The topological polar surface area (TPSA) is 88.5 Å². The molecule has 0 aromatic carbocycles.